The summed E-state index contributed by atoms with van der Waals surface area (Å²) in [5.41, 5.74) is 3.10. The highest BCUT2D eigenvalue weighted by molar-refractivity contribution is 5.90. The van der Waals surface area contributed by atoms with E-state index in [0.717, 1.165) is 16.8 Å². The van der Waals surface area contributed by atoms with E-state index < -0.39 is 0 Å². The van der Waals surface area contributed by atoms with E-state index >= 15 is 0 Å². The average molecular weight is 258 g/mol. The molecule has 2 aromatic heterocycles. The Labute approximate surface area is 110 Å². The van der Waals surface area contributed by atoms with Crippen LogP contribution in [0.3, 0.4) is 0 Å². The van der Waals surface area contributed by atoms with E-state index in [2.05, 4.69) is 16.8 Å². The van der Waals surface area contributed by atoms with E-state index in [1.54, 1.807) is 15.6 Å². The molecule has 1 aliphatic rings. The fraction of sp³-hybridized carbons (Fsp3) is 0.308. The van der Waals surface area contributed by atoms with Gasteiger partial charge in [0, 0.05) is 49.6 Å². The number of aromatic nitrogens is 4. The highest BCUT2D eigenvalue weighted by atomic mass is 16.5. The maximum Gasteiger partial charge on any atom is 0.334 e. The van der Waals surface area contributed by atoms with Crippen LogP contribution in [-0.4, -0.2) is 25.5 Å². The summed E-state index contributed by atoms with van der Waals surface area (Å²) < 4.78 is 8.75. The summed E-state index contributed by atoms with van der Waals surface area (Å²) in [6.45, 7) is 3.71. The molecule has 1 aliphatic heterocycles. The van der Waals surface area contributed by atoms with Crippen LogP contribution in [0.2, 0.25) is 0 Å². The Balaban J connectivity index is 2.03. The predicted molar refractivity (Wildman–Crippen MR) is 68.0 cm³/mol. The summed E-state index contributed by atoms with van der Waals surface area (Å²) in [4.78, 5) is 11.5. The van der Waals surface area contributed by atoms with Crippen molar-refractivity contribution in [1.29, 1.82) is 0 Å². The minimum absolute atomic E-state index is 0.302. The van der Waals surface area contributed by atoms with Crippen LogP contribution in [0.15, 0.2) is 30.7 Å². The molecule has 19 heavy (non-hydrogen) atoms. The van der Waals surface area contributed by atoms with Crippen molar-refractivity contribution < 1.29 is 9.53 Å². The van der Waals surface area contributed by atoms with Gasteiger partial charge in [-0.2, -0.15) is 10.2 Å². The van der Waals surface area contributed by atoms with Gasteiger partial charge in [-0.1, -0.05) is 6.58 Å². The number of rotatable bonds is 2. The van der Waals surface area contributed by atoms with Crippen LogP contribution in [-0.2, 0) is 23.6 Å². The topological polar surface area (TPSA) is 61.9 Å². The molecule has 3 heterocycles. The van der Waals surface area contributed by atoms with Crippen molar-refractivity contribution in [2.75, 3.05) is 0 Å². The molecule has 0 bridgehead atoms. The normalized spacial score (nSPS) is 18.9. The van der Waals surface area contributed by atoms with Gasteiger partial charge in [-0.3, -0.25) is 9.36 Å². The van der Waals surface area contributed by atoms with Crippen molar-refractivity contribution in [3.8, 4) is 11.3 Å². The largest absolute Gasteiger partial charge is 0.454 e. The van der Waals surface area contributed by atoms with Crippen LogP contribution < -0.4 is 0 Å². The van der Waals surface area contributed by atoms with Gasteiger partial charge in [0.25, 0.3) is 0 Å². The SMILES string of the molecule is C=C1CC(c2cn(C)nc2-c2cnn(C)c2)OC1=O. The summed E-state index contributed by atoms with van der Waals surface area (Å²) in [7, 11) is 3.69. The molecule has 1 atom stereocenters. The third kappa shape index (κ3) is 1.95. The van der Waals surface area contributed by atoms with E-state index in [1.165, 1.54) is 0 Å². The number of cyclic esters (lactones) is 1. The minimum Gasteiger partial charge on any atom is -0.454 e. The van der Waals surface area contributed by atoms with Crippen LogP contribution in [0.5, 0.6) is 0 Å². The number of hydrogen-bond donors (Lipinski definition) is 0. The first kappa shape index (κ1) is 11.7. The number of esters is 1. The maximum atomic E-state index is 11.5. The van der Waals surface area contributed by atoms with E-state index in [1.807, 2.05) is 26.5 Å². The van der Waals surface area contributed by atoms with E-state index in [0.29, 0.717) is 12.0 Å². The van der Waals surface area contributed by atoms with Crippen LogP contribution >= 0.6 is 0 Å². The highest BCUT2D eigenvalue weighted by Gasteiger charge is 2.32. The first-order valence-corrected chi connectivity index (χ1v) is 5.96. The number of carbonyl (C=O) groups excluding carboxylic acids is 1. The van der Waals surface area contributed by atoms with Crippen molar-refractivity contribution in [2.45, 2.75) is 12.5 Å². The molecule has 1 saturated heterocycles. The summed E-state index contributed by atoms with van der Waals surface area (Å²) >= 11 is 0. The second-order valence-electron chi connectivity index (χ2n) is 4.71. The van der Waals surface area contributed by atoms with Gasteiger partial charge in [0.05, 0.1) is 6.20 Å². The first-order valence-electron chi connectivity index (χ1n) is 5.96. The molecule has 0 spiro atoms. The van der Waals surface area contributed by atoms with Gasteiger partial charge in [0.1, 0.15) is 11.8 Å². The van der Waals surface area contributed by atoms with Crippen molar-refractivity contribution in [2.24, 2.45) is 14.1 Å². The van der Waals surface area contributed by atoms with Crippen molar-refractivity contribution in [1.82, 2.24) is 19.6 Å². The van der Waals surface area contributed by atoms with Crippen molar-refractivity contribution >= 4 is 5.97 Å². The molecule has 3 rings (SSSR count). The van der Waals surface area contributed by atoms with E-state index in [9.17, 15) is 4.79 Å². The summed E-state index contributed by atoms with van der Waals surface area (Å²) in [5, 5.41) is 8.57. The van der Waals surface area contributed by atoms with Gasteiger partial charge < -0.3 is 4.74 Å². The third-order valence-electron chi connectivity index (χ3n) is 3.15. The van der Waals surface area contributed by atoms with Crippen molar-refractivity contribution in [3.63, 3.8) is 0 Å². The fourth-order valence-corrected chi connectivity index (χ4v) is 2.25. The Hall–Kier alpha value is -2.37. The van der Waals surface area contributed by atoms with Gasteiger partial charge in [0.2, 0.25) is 0 Å². The van der Waals surface area contributed by atoms with Crippen LogP contribution in [0, 0.1) is 0 Å². The van der Waals surface area contributed by atoms with Crippen LogP contribution in [0.25, 0.3) is 11.3 Å². The molecule has 1 unspecified atom stereocenters. The van der Waals surface area contributed by atoms with Gasteiger partial charge in [-0.05, 0) is 0 Å². The van der Waals surface area contributed by atoms with Gasteiger partial charge in [0.15, 0.2) is 0 Å². The summed E-state index contributed by atoms with van der Waals surface area (Å²) in [6.07, 6.45) is 5.72. The molecule has 6 nitrogen and oxygen atoms in total. The molecule has 0 aromatic carbocycles. The standard InChI is InChI=1S/C13H14N4O2/c1-8-4-11(19-13(8)18)10-7-17(3)15-12(10)9-5-14-16(2)6-9/h5-7,11H,1,4H2,2-3H3. The highest BCUT2D eigenvalue weighted by Crippen LogP contribution is 2.36. The maximum absolute atomic E-state index is 11.5. The van der Waals surface area contributed by atoms with E-state index in [4.69, 9.17) is 4.74 Å². The number of carbonyl (C=O) groups is 1. The molecule has 0 radical (unpaired) electrons. The molecule has 0 amide bonds. The molecule has 1 fully saturated rings. The first-order chi connectivity index (χ1) is 9.04. The third-order valence-corrected chi connectivity index (χ3v) is 3.15. The fourth-order valence-electron chi connectivity index (χ4n) is 2.25. The second kappa shape index (κ2) is 4.08. The number of aryl methyl sites for hydroxylation is 2. The average Bonchev–Trinajstić information content (AvgIpc) is 3.00. The smallest absolute Gasteiger partial charge is 0.334 e. The zero-order valence-electron chi connectivity index (χ0n) is 10.8. The van der Waals surface area contributed by atoms with Gasteiger partial charge in [-0.15, -0.1) is 0 Å². The zero-order chi connectivity index (χ0) is 13.6. The Morgan fingerprint density at radius 1 is 1.37 bits per heavy atom. The second-order valence-corrected chi connectivity index (χ2v) is 4.71. The Morgan fingerprint density at radius 2 is 2.16 bits per heavy atom. The summed E-state index contributed by atoms with van der Waals surface area (Å²) in [5.74, 6) is -0.328. The predicted octanol–water partition coefficient (Wildman–Crippen LogP) is 1.36. The lowest BCUT2D eigenvalue weighted by Gasteiger charge is -2.07. The molecular weight excluding hydrogens is 244 g/mol. The number of hydrogen-bond acceptors (Lipinski definition) is 4. The molecule has 0 saturated carbocycles. The molecule has 6 heteroatoms. The Morgan fingerprint density at radius 3 is 2.74 bits per heavy atom. The van der Waals surface area contributed by atoms with E-state index in [-0.39, 0.29) is 12.1 Å². The monoisotopic (exact) mass is 258 g/mol. The van der Waals surface area contributed by atoms with Gasteiger partial charge >= 0.3 is 5.97 Å². The minimum atomic E-state index is -0.328. The lowest BCUT2D eigenvalue weighted by molar-refractivity contribution is -0.139. The zero-order valence-corrected chi connectivity index (χ0v) is 10.8. The Bertz CT molecular complexity index is 652. The molecule has 2 aromatic rings. The number of ether oxygens (including phenoxy) is 1. The lowest BCUT2D eigenvalue weighted by atomic mass is 10.0. The summed E-state index contributed by atoms with van der Waals surface area (Å²) in [6, 6.07) is 0. The molecule has 0 aliphatic carbocycles. The lowest BCUT2D eigenvalue weighted by Crippen LogP contribution is -1.99. The molecule has 0 N–H and O–H groups in total. The molecular formula is C13H14N4O2. The Kier molecular flexibility index (Phi) is 2.51. The van der Waals surface area contributed by atoms with Crippen LogP contribution in [0.4, 0.5) is 0 Å². The quantitative estimate of drug-likeness (QED) is 0.603. The van der Waals surface area contributed by atoms with Crippen LogP contribution in [0.1, 0.15) is 18.1 Å². The molecule has 98 valence electrons. The van der Waals surface area contributed by atoms with Gasteiger partial charge in [-0.25, -0.2) is 4.79 Å². The number of nitrogens with zero attached hydrogens (tertiary/aromatic N) is 4. The van der Waals surface area contributed by atoms with Crippen molar-refractivity contribution in [3.05, 3.63) is 36.3 Å².